The van der Waals surface area contributed by atoms with Gasteiger partial charge in [-0.15, -0.1) is 11.3 Å². The second-order valence-electron chi connectivity index (χ2n) is 5.80. The van der Waals surface area contributed by atoms with Crippen molar-refractivity contribution in [2.45, 2.75) is 32.1 Å². The molecule has 128 valence electrons. The van der Waals surface area contributed by atoms with Gasteiger partial charge in [-0.25, -0.2) is 0 Å². The molecule has 3 rings (SSSR count). The molecule has 0 saturated heterocycles. The number of para-hydroxylation sites is 1. The first-order valence-electron chi connectivity index (χ1n) is 7.62. The summed E-state index contributed by atoms with van der Waals surface area (Å²) in [6.07, 6.45) is -3.63. The molecular formula is C17H17F3N2OS. The largest absolute Gasteiger partial charge is 0.418 e. The summed E-state index contributed by atoms with van der Waals surface area (Å²) in [4.78, 5) is 15.7. The van der Waals surface area contributed by atoms with E-state index >= 15 is 0 Å². The number of carbonyl (C=O) groups is 1. The van der Waals surface area contributed by atoms with E-state index in [2.05, 4.69) is 5.32 Å². The molecule has 1 aromatic carbocycles. The van der Waals surface area contributed by atoms with Gasteiger partial charge in [0.1, 0.15) is 0 Å². The third-order valence-corrected chi connectivity index (χ3v) is 5.28. The first-order chi connectivity index (χ1) is 11.4. The highest BCUT2D eigenvalue weighted by atomic mass is 32.1. The number of halogens is 3. The molecule has 0 saturated carbocycles. The van der Waals surface area contributed by atoms with Gasteiger partial charge in [0.2, 0.25) is 5.91 Å². The molecule has 24 heavy (non-hydrogen) atoms. The van der Waals surface area contributed by atoms with Gasteiger partial charge in [0.15, 0.2) is 0 Å². The van der Waals surface area contributed by atoms with Gasteiger partial charge in [-0.1, -0.05) is 12.1 Å². The quantitative estimate of drug-likeness (QED) is 0.898. The first kappa shape index (κ1) is 17.0. The van der Waals surface area contributed by atoms with E-state index in [1.54, 1.807) is 18.3 Å². The Balaban J connectivity index is 1.72. The molecule has 1 aromatic heterocycles. The zero-order valence-electron chi connectivity index (χ0n) is 13.1. The van der Waals surface area contributed by atoms with Gasteiger partial charge in [-0.3, -0.25) is 9.69 Å². The van der Waals surface area contributed by atoms with Crippen LogP contribution in [0.4, 0.5) is 18.9 Å². The van der Waals surface area contributed by atoms with Crippen molar-refractivity contribution in [2.75, 3.05) is 11.9 Å². The lowest BCUT2D eigenvalue weighted by molar-refractivity contribution is -0.137. The maximum absolute atomic E-state index is 13.0. The van der Waals surface area contributed by atoms with Gasteiger partial charge in [0.05, 0.1) is 17.3 Å². The number of alkyl halides is 3. The minimum Gasteiger partial charge on any atom is -0.324 e. The number of rotatable bonds is 3. The number of benzene rings is 1. The fourth-order valence-corrected chi connectivity index (χ4v) is 3.73. The molecule has 1 N–H and O–H groups in total. The van der Waals surface area contributed by atoms with Crippen LogP contribution in [0.3, 0.4) is 0 Å². The molecular weight excluding hydrogens is 337 g/mol. The number of nitrogens with one attached hydrogen (secondary N) is 1. The minimum absolute atomic E-state index is 0.199. The fourth-order valence-electron chi connectivity index (χ4n) is 2.84. The van der Waals surface area contributed by atoms with E-state index in [0.717, 1.165) is 19.0 Å². The first-order valence-corrected chi connectivity index (χ1v) is 8.50. The van der Waals surface area contributed by atoms with Crippen LogP contribution < -0.4 is 5.32 Å². The number of fused-ring (bicyclic) bond motifs is 1. The monoisotopic (exact) mass is 354 g/mol. The van der Waals surface area contributed by atoms with E-state index in [1.807, 2.05) is 16.3 Å². The average Bonchev–Trinajstić information content (AvgIpc) is 3.01. The minimum atomic E-state index is -4.50. The lowest BCUT2D eigenvalue weighted by Crippen LogP contribution is -2.44. The molecule has 7 heteroatoms. The maximum Gasteiger partial charge on any atom is 0.418 e. The number of nitrogens with zero attached hydrogens (tertiary/aromatic N) is 1. The van der Waals surface area contributed by atoms with E-state index in [0.29, 0.717) is 6.54 Å². The molecule has 1 amide bonds. The van der Waals surface area contributed by atoms with Crippen LogP contribution in [-0.2, 0) is 23.9 Å². The number of anilines is 1. The SMILES string of the molecule is C[C@@H](C(=O)Nc1ccccc1C(F)(F)F)N1CCc2sccc2C1. The van der Waals surface area contributed by atoms with Gasteiger partial charge in [0, 0.05) is 18.0 Å². The second-order valence-corrected chi connectivity index (χ2v) is 6.80. The van der Waals surface area contributed by atoms with Crippen molar-refractivity contribution in [1.82, 2.24) is 4.90 Å². The zero-order chi connectivity index (χ0) is 17.3. The Labute approximate surface area is 142 Å². The van der Waals surface area contributed by atoms with Crippen LogP contribution in [0.2, 0.25) is 0 Å². The number of thiophene rings is 1. The van der Waals surface area contributed by atoms with Crippen molar-refractivity contribution in [3.63, 3.8) is 0 Å². The lowest BCUT2D eigenvalue weighted by atomic mass is 10.1. The normalized spacial score (nSPS) is 16.5. The summed E-state index contributed by atoms with van der Waals surface area (Å²) in [5.41, 5.74) is 0.168. The number of amides is 1. The Kier molecular flexibility index (Phi) is 4.64. The third-order valence-electron chi connectivity index (χ3n) is 4.25. The van der Waals surface area contributed by atoms with Gasteiger partial charge >= 0.3 is 6.18 Å². The highest BCUT2D eigenvalue weighted by Crippen LogP contribution is 2.34. The molecule has 1 atom stereocenters. The number of hydrogen-bond donors (Lipinski definition) is 1. The summed E-state index contributed by atoms with van der Waals surface area (Å²) >= 11 is 1.70. The predicted molar refractivity (Wildman–Crippen MR) is 88.0 cm³/mol. The Morgan fingerprint density at radius 2 is 2.04 bits per heavy atom. The van der Waals surface area contributed by atoms with E-state index in [4.69, 9.17) is 0 Å². The number of hydrogen-bond acceptors (Lipinski definition) is 3. The topological polar surface area (TPSA) is 32.3 Å². The summed E-state index contributed by atoms with van der Waals surface area (Å²) in [5.74, 6) is -0.426. The summed E-state index contributed by atoms with van der Waals surface area (Å²) < 4.78 is 39.1. The lowest BCUT2D eigenvalue weighted by Gasteiger charge is -2.31. The van der Waals surface area contributed by atoms with Gasteiger partial charge in [-0.05, 0) is 42.5 Å². The van der Waals surface area contributed by atoms with Crippen LogP contribution in [0.5, 0.6) is 0 Å². The van der Waals surface area contributed by atoms with Crippen LogP contribution in [0.25, 0.3) is 0 Å². The summed E-state index contributed by atoms with van der Waals surface area (Å²) in [6, 6.07) is 6.58. The highest BCUT2D eigenvalue weighted by molar-refractivity contribution is 7.10. The predicted octanol–water partition coefficient (Wildman–Crippen LogP) is 4.15. The third kappa shape index (κ3) is 3.47. The van der Waals surface area contributed by atoms with E-state index in [9.17, 15) is 18.0 Å². The van der Waals surface area contributed by atoms with Crippen molar-refractivity contribution in [3.8, 4) is 0 Å². The molecule has 1 aliphatic heterocycles. The molecule has 0 spiro atoms. The molecule has 0 fully saturated rings. The fraction of sp³-hybridized carbons (Fsp3) is 0.353. The van der Waals surface area contributed by atoms with Gasteiger partial charge in [-0.2, -0.15) is 13.2 Å². The Bertz CT molecular complexity index is 741. The maximum atomic E-state index is 13.0. The standard InChI is InChI=1S/C17H17F3N2OS/c1-11(22-8-6-15-12(10-22)7-9-24-15)16(23)21-14-5-3-2-4-13(14)17(18,19)20/h2-5,7,9,11H,6,8,10H2,1H3,(H,21,23)/t11-/m0/s1. The van der Waals surface area contributed by atoms with E-state index in [1.165, 1.54) is 28.6 Å². The summed E-state index contributed by atoms with van der Waals surface area (Å²) in [5, 5.41) is 4.46. The molecule has 0 bridgehead atoms. The Morgan fingerprint density at radius 1 is 1.29 bits per heavy atom. The molecule has 0 unspecified atom stereocenters. The van der Waals surface area contributed by atoms with Crippen LogP contribution in [0.15, 0.2) is 35.7 Å². The van der Waals surface area contributed by atoms with Crippen molar-refractivity contribution in [3.05, 3.63) is 51.7 Å². The van der Waals surface area contributed by atoms with Crippen molar-refractivity contribution in [2.24, 2.45) is 0 Å². The van der Waals surface area contributed by atoms with Crippen LogP contribution >= 0.6 is 11.3 Å². The molecule has 2 heterocycles. The Morgan fingerprint density at radius 3 is 2.79 bits per heavy atom. The van der Waals surface area contributed by atoms with Crippen molar-refractivity contribution >= 4 is 22.9 Å². The Hall–Kier alpha value is -1.86. The summed E-state index contributed by atoms with van der Waals surface area (Å²) in [6.45, 7) is 3.10. The second kappa shape index (κ2) is 6.57. The van der Waals surface area contributed by atoms with E-state index in [-0.39, 0.29) is 5.69 Å². The molecule has 0 radical (unpaired) electrons. The molecule has 2 aromatic rings. The molecule has 3 nitrogen and oxygen atoms in total. The zero-order valence-corrected chi connectivity index (χ0v) is 13.9. The van der Waals surface area contributed by atoms with Crippen molar-refractivity contribution < 1.29 is 18.0 Å². The molecule has 0 aliphatic carbocycles. The molecule has 1 aliphatic rings. The summed E-state index contributed by atoms with van der Waals surface area (Å²) in [7, 11) is 0. The van der Waals surface area contributed by atoms with Gasteiger partial charge in [0.25, 0.3) is 0 Å². The van der Waals surface area contributed by atoms with Crippen LogP contribution in [0, 0.1) is 0 Å². The number of carbonyl (C=O) groups excluding carboxylic acids is 1. The highest BCUT2D eigenvalue weighted by Gasteiger charge is 2.34. The van der Waals surface area contributed by atoms with Crippen LogP contribution in [-0.4, -0.2) is 23.4 Å². The van der Waals surface area contributed by atoms with Gasteiger partial charge < -0.3 is 5.32 Å². The smallest absolute Gasteiger partial charge is 0.324 e. The van der Waals surface area contributed by atoms with Crippen LogP contribution in [0.1, 0.15) is 22.9 Å². The van der Waals surface area contributed by atoms with E-state index < -0.39 is 23.7 Å². The average molecular weight is 354 g/mol. The van der Waals surface area contributed by atoms with Crippen molar-refractivity contribution in [1.29, 1.82) is 0 Å².